The summed E-state index contributed by atoms with van der Waals surface area (Å²) in [5.74, 6) is -0.470. The van der Waals surface area contributed by atoms with Crippen molar-refractivity contribution in [3.63, 3.8) is 0 Å². The van der Waals surface area contributed by atoms with E-state index in [-0.39, 0.29) is 5.69 Å². The molecule has 0 aliphatic heterocycles. The summed E-state index contributed by atoms with van der Waals surface area (Å²) >= 11 is 0. The topological polar surface area (TPSA) is 125 Å². The van der Waals surface area contributed by atoms with Crippen LogP contribution in [0.4, 0.5) is 0 Å². The van der Waals surface area contributed by atoms with Gasteiger partial charge >= 0.3 is 16.4 Å². The van der Waals surface area contributed by atoms with E-state index in [9.17, 15) is 4.79 Å². The number of carboxylic acids is 1. The third kappa shape index (κ3) is 5.38. The molecule has 1 saturated carbocycles. The molecular formula is C9H11NO6S. The van der Waals surface area contributed by atoms with Gasteiger partial charge in [0.05, 0.1) is 0 Å². The van der Waals surface area contributed by atoms with E-state index in [1.165, 1.54) is 6.20 Å². The van der Waals surface area contributed by atoms with Gasteiger partial charge < -0.3 is 5.11 Å². The van der Waals surface area contributed by atoms with Crippen molar-refractivity contribution in [3.8, 4) is 0 Å². The number of aromatic carboxylic acids is 1. The Balaban J connectivity index is 0.000000249. The highest BCUT2D eigenvalue weighted by atomic mass is 32.3. The summed E-state index contributed by atoms with van der Waals surface area (Å²) in [7, 11) is -4.67. The molecule has 3 N–H and O–H groups in total. The van der Waals surface area contributed by atoms with Crippen molar-refractivity contribution in [2.24, 2.45) is 0 Å². The quantitative estimate of drug-likeness (QED) is 0.678. The Morgan fingerprint density at radius 3 is 2.29 bits per heavy atom. The van der Waals surface area contributed by atoms with E-state index in [0.29, 0.717) is 5.92 Å². The Morgan fingerprint density at radius 1 is 1.35 bits per heavy atom. The first-order chi connectivity index (χ1) is 7.79. The monoisotopic (exact) mass is 261 g/mol. The zero-order valence-electron chi connectivity index (χ0n) is 8.65. The second kappa shape index (κ2) is 5.21. The minimum atomic E-state index is -4.67. The molecule has 1 aliphatic carbocycles. The highest BCUT2D eigenvalue weighted by Gasteiger charge is 2.28. The Kier molecular flexibility index (Phi) is 4.16. The zero-order chi connectivity index (χ0) is 13.1. The zero-order valence-corrected chi connectivity index (χ0v) is 9.46. The first kappa shape index (κ1) is 13.6. The predicted octanol–water partition coefficient (Wildman–Crippen LogP) is 1.00. The van der Waals surface area contributed by atoms with E-state index in [2.05, 4.69) is 4.98 Å². The average Bonchev–Trinajstić information content (AvgIpc) is 2.98. The third-order valence-electron chi connectivity index (χ3n) is 2.06. The summed E-state index contributed by atoms with van der Waals surface area (Å²) in [6.07, 6.45) is 3.73. The van der Waals surface area contributed by atoms with Gasteiger partial charge in [0.15, 0.2) is 5.69 Å². The van der Waals surface area contributed by atoms with Crippen molar-refractivity contribution in [2.45, 2.75) is 18.8 Å². The van der Waals surface area contributed by atoms with Gasteiger partial charge in [0.1, 0.15) is 0 Å². The number of aromatic nitrogens is 1. The molecule has 0 aromatic carbocycles. The van der Waals surface area contributed by atoms with Gasteiger partial charge in [-0.1, -0.05) is 6.07 Å². The van der Waals surface area contributed by atoms with Crippen LogP contribution in [0.5, 0.6) is 0 Å². The number of hydrogen-bond donors (Lipinski definition) is 3. The van der Waals surface area contributed by atoms with Crippen LogP contribution in [0.3, 0.4) is 0 Å². The Labute approximate surface area is 97.7 Å². The Hall–Kier alpha value is -1.51. The van der Waals surface area contributed by atoms with Crippen molar-refractivity contribution < 1.29 is 27.4 Å². The summed E-state index contributed by atoms with van der Waals surface area (Å²) < 4.78 is 31.6. The largest absolute Gasteiger partial charge is 0.477 e. The third-order valence-corrected chi connectivity index (χ3v) is 2.06. The molecule has 0 amide bonds. The second-order valence-electron chi connectivity index (χ2n) is 3.47. The highest BCUT2D eigenvalue weighted by Crippen LogP contribution is 2.40. The van der Waals surface area contributed by atoms with Gasteiger partial charge in [-0.05, 0) is 30.4 Å². The van der Waals surface area contributed by atoms with Crippen molar-refractivity contribution in [1.29, 1.82) is 0 Å². The fraction of sp³-hybridized carbons (Fsp3) is 0.333. The summed E-state index contributed by atoms with van der Waals surface area (Å²) in [6.45, 7) is 0. The van der Waals surface area contributed by atoms with Gasteiger partial charge in [-0.15, -0.1) is 0 Å². The molecule has 0 unspecified atom stereocenters. The van der Waals surface area contributed by atoms with Crippen LogP contribution < -0.4 is 0 Å². The van der Waals surface area contributed by atoms with Gasteiger partial charge in [0.2, 0.25) is 0 Å². The van der Waals surface area contributed by atoms with Gasteiger partial charge in [-0.25, -0.2) is 9.78 Å². The minimum absolute atomic E-state index is 0.222. The summed E-state index contributed by atoms with van der Waals surface area (Å²) in [4.78, 5) is 14.5. The molecule has 1 fully saturated rings. The molecule has 0 atom stereocenters. The van der Waals surface area contributed by atoms with Gasteiger partial charge in [-0.2, -0.15) is 8.42 Å². The minimum Gasteiger partial charge on any atom is -0.477 e. The van der Waals surface area contributed by atoms with E-state index >= 15 is 0 Å². The van der Waals surface area contributed by atoms with Crippen LogP contribution in [-0.4, -0.2) is 33.6 Å². The van der Waals surface area contributed by atoms with Crippen LogP contribution in [0, 0.1) is 0 Å². The lowest BCUT2D eigenvalue weighted by Gasteiger charge is -2.00. The first-order valence-electron chi connectivity index (χ1n) is 4.67. The lowest BCUT2D eigenvalue weighted by Crippen LogP contribution is -2.04. The molecule has 0 spiro atoms. The summed E-state index contributed by atoms with van der Waals surface area (Å²) in [5.41, 5.74) is 1.12. The van der Waals surface area contributed by atoms with Crippen LogP contribution in [0.1, 0.15) is 34.8 Å². The maximum Gasteiger partial charge on any atom is 0.394 e. The number of hydrogen-bond acceptors (Lipinski definition) is 4. The number of rotatable bonds is 2. The summed E-state index contributed by atoms with van der Waals surface area (Å²) in [6, 6.07) is 3.65. The fourth-order valence-electron chi connectivity index (χ4n) is 1.32. The smallest absolute Gasteiger partial charge is 0.394 e. The molecule has 1 aromatic rings. The van der Waals surface area contributed by atoms with Crippen molar-refractivity contribution >= 4 is 16.4 Å². The second-order valence-corrected chi connectivity index (χ2v) is 4.36. The molecule has 1 heterocycles. The molecule has 1 aliphatic rings. The SMILES string of the molecule is O=C(O)c1ncccc1C1CC1.O=S(=O)(O)O. The fourth-order valence-corrected chi connectivity index (χ4v) is 1.32. The molecule has 0 radical (unpaired) electrons. The predicted molar refractivity (Wildman–Crippen MR) is 57.3 cm³/mol. The number of pyridine rings is 1. The molecule has 94 valence electrons. The standard InChI is InChI=1S/C9H9NO2.H2O4S/c11-9(12)8-7(6-3-4-6)2-1-5-10-8;1-5(2,3)4/h1-2,5-6H,3-4H2,(H,11,12);(H2,1,2,3,4). The van der Waals surface area contributed by atoms with E-state index in [0.717, 1.165) is 18.4 Å². The van der Waals surface area contributed by atoms with Crippen molar-refractivity contribution in [3.05, 3.63) is 29.6 Å². The average molecular weight is 261 g/mol. The van der Waals surface area contributed by atoms with E-state index in [1.54, 1.807) is 6.07 Å². The number of carboxylic acid groups (broad SMARTS) is 1. The lowest BCUT2D eigenvalue weighted by atomic mass is 10.1. The number of nitrogens with zero attached hydrogens (tertiary/aromatic N) is 1. The van der Waals surface area contributed by atoms with Crippen LogP contribution >= 0.6 is 0 Å². The van der Waals surface area contributed by atoms with Crippen LogP contribution in [0.15, 0.2) is 18.3 Å². The van der Waals surface area contributed by atoms with E-state index < -0.39 is 16.4 Å². The highest BCUT2D eigenvalue weighted by molar-refractivity contribution is 7.79. The van der Waals surface area contributed by atoms with Crippen LogP contribution in [0.2, 0.25) is 0 Å². The van der Waals surface area contributed by atoms with Gasteiger partial charge in [0, 0.05) is 6.20 Å². The molecule has 8 heteroatoms. The molecular weight excluding hydrogens is 250 g/mol. The maximum atomic E-state index is 10.7. The Bertz CT molecular complexity index is 500. The van der Waals surface area contributed by atoms with E-state index in [1.807, 2.05) is 6.07 Å². The van der Waals surface area contributed by atoms with Gasteiger partial charge in [0.25, 0.3) is 0 Å². The molecule has 0 saturated heterocycles. The summed E-state index contributed by atoms with van der Waals surface area (Å²) in [5, 5.41) is 8.78. The van der Waals surface area contributed by atoms with Crippen LogP contribution in [-0.2, 0) is 10.4 Å². The van der Waals surface area contributed by atoms with Crippen molar-refractivity contribution in [1.82, 2.24) is 4.98 Å². The van der Waals surface area contributed by atoms with Crippen molar-refractivity contribution in [2.75, 3.05) is 0 Å². The van der Waals surface area contributed by atoms with Gasteiger partial charge in [-0.3, -0.25) is 9.11 Å². The first-order valence-corrected chi connectivity index (χ1v) is 6.07. The molecule has 7 nitrogen and oxygen atoms in total. The molecule has 0 bridgehead atoms. The molecule has 17 heavy (non-hydrogen) atoms. The normalized spacial score (nSPS) is 14.7. The van der Waals surface area contributed by atoms with Crippen LogP contribution in [0.25, 0.3) is 0 Å². The van der Waals surface area contributed by atoms with E-state index in [4.69, 9.17) is 22.6 Å². The maximum absolute atomic E-state index is 10.7. The molecule has 1 aromatic heterocycles. The lowest BCUT2D eigenvalue weighted by molar-refractivity contribution is 0.0689. The Morgan fingerprint density at radius 2 is 1.88 bits per heavy atom. The molecule has 2 rings (SSSR count). The number of carbonyl (C=O) groups is 1.